The second-order valence-corrected chi connectivity index (χ2v) is 5.03. The number of piperidine rings is 1. The number of fused-ring (bicyclic) bond motifs is 1. The Hall–Kier alpha value is 0.650. The fourth-order valence-corrected chi connectivity index (χ4v) is 3.16. The monoisotopic (exact) mass is 266 g/mol. The molecule has 2 saturated heterocycles. The largest absolute Gasteiger partial charge is 0.305 e. The summed E-state index contributed by atoms with van der Waals surface area (Å²) in [7, 11) is 2.24. The molecule has 0 aliphatic carbocycles. The molecule has 2 aliphatic heterocycles. The molecule has 0 aromatic carbocycles. The highest BCUT2D eigenvalue weighted by molar-refractivity contribution is 14.1. The molecule has 0 N–H and O–H groups in total. The van der Waals surface area contributed by atoms with Gasteiger partial charge in [0.15, 0.2) is 0 Å². The fourth-order valence-electron chi connectivity index (χ4n) is 2.25. The summed E-state index contributed by atoms with van der Waals surface area (Å²) in [5.74, 6) is 1.00. The van der Waals surface area contributed by atoms with Gasteiger partial charge in [-0.05, 0) is 32.4 Å². The Kier molecular flexibility index (Phi) is 2.39. The smallest absolute Gasteiger partial charge is 0.0350 e. The van der Waals surface area contributed by atoms with Crippen LogP contribution in [0.4, 0.5) is 0 Å². The average Bonchev–Trinajstić information content (AvgIpc) is 2.33. The molecule has 2 fully saturated rings. The molecule has 2 atom stereocenters. The number of halogens is 1. The van der Waals surface area contributed by atoms with E-state index in [9.17, 15) is 0 Å². The van der Waals surface area contributed by atoms with E-state index in [0.29, 0.717) is 0 Å². The predicted molar refractivity (Wildman–Crippen MR) is 54.7 cm³/mol. The molecule has 0 bridgehead atoms. The number of likely N-dealkylation sites (N-methyl/N-ethyl adjacent to an activating group) is 1. The van der Waals surface area contributed by atoms with E-state index in [1.165, 1.54) is 32.5 Å². The van der Waals surface area contributed by atoms with Crippen LogP contribution in [0.2, 0.25) is 0 Å². The lowest BCUT2D eigenvalue weighted by Gasteiger charge is -2.34. The molecule has 2 heterocycles. The topological polar surface area (TPSA) is 6.48 Å². The SMILES string of the molecule is CN1CCC2CCN(I)C2C1. The summed E-state index contributed by atoms with van der Waals surface area (Å²) in [6, 6.07) is 0.856. The predicted octanol–water partition coefficient (Wildman–Crippen LogP) is 1.36. The molecule has 2 unspecified atom stereocenters. The third-order valence-corrected chi connectivity index (χ3v) is 4.20. The van der Waals surface area contributed by atoms with Crippen LogP contribution in [-0.2, 0) is 0 Å². The first-order valence-corrected chi connectivity index (χ1v) is 5.35. The molecule has 2 rings (SSSR count). The van der Waals surface area contributed by atoms with Gasteiger partial charge in [-0.25, -0.2) is 3.11 Å². The van der Waals surface area contributed by atoms with Gasteiger partial charge in [0.25, 0.3) is 0 Å². The van der Waals surface area contributed by atoms with Crippen molar-refractivity contribution in [3.8, 4) is 0 Å². The number of nitrogens with zero attached hydrogens (tertiary/aromatic N) is 2. The van der Waals surface area contributed by atoms with Crippen molar-refractivity contribution in [2.75, 3.05) is 26.7 Å². The summed E-state index contributed by atoms with van der Waals surface area (Å²) in [6.07, 6.45) is 2.85. The Morgan fingerprint density at radius 1 is 1.27 bits per heavy atom. The van der Waals surface area contributed by atoms with E-state index in [-0.39, 0.29) is 0 Å². The van der Waals surface area contributed by atoms with Crippen molar-refractivity contribution in [2.24, 2.45) is 5.92 Å². The van der Waals surface area contributed by atoms with Gasteiger partial charge in [0.1, 0.15) is 0 Å². The minimum absolute atomic E-state index is 0.856. The van der Waals surface area contributed by atoms with Gasteiger partial charge >= 0.3 is 0 Å². The van der Waals surface area contributed by atoms with Crippen LogP contribution in [0.3, 0.4) is 0 Å². The maximum Gasteiger partial charge on any atom is 0.0350 e. The Morgan fingerprint density at radius 2 is 2.00 bits per heavy atom. The van der Waals surface area contributed by atoms with Crippen molar-refractivity contribution in [1.29, 1.82) is 0 Å². The van der Waals surface area contributed by atoms with Crippen molar-refractivity contribution in [3.63, 3.8) is 0 Å². The number of hydrogen-bond donors (Lipinski definition) is 0. The molecule has 3 heteroatoms. The van der Waals surface area contributed by atoms with Gasteiger partial charge in [0.2, 0.25) is 0 Å². The number of hydrogen-bond acceptors (Lipinski definition) is 2. The molecule has 2 nitrogen and oxygen atoms in total. The molecule has 0 aromatic heterocycles. The number of rotatable bonds is 0. The molecule has 11 heavy (non-hydrogen) atoms. The zero-order chi connectivity index (χ0) is 7.84. The van der Waals surface area contributed by atoms with E-state index in [2.05, 4.69) is 37.9 Å². The minimum Gasteiger partial charge on any atom is -0.305 e. The van der Waals surface area contributed by atoms with E-state index < -0.39 is 0 Å². The molecule has 0 amide bonds. The molecular weight excluding hydrogens is 251 g/mol. The van der Waals surface area contributed by atoms with E-state index in [4.69, 9.17) is 0 Å². The third-order valence-electron chi connectivity index (χ3n) is 3.00. The van der Waals surface area contributed by atoms with Crippen LogP contribution >= 0.6 is 22.9 Å². The summed E-state index contributed by atoms with van der Waals surface area (Å²) in [4.78, 5) is 2.46. The van der Waals surface area contributed by atoms with Gasteiger partial charge in [0, 0.05) is 42.0 Å². The van der Waals surface area contributed by atoms with Crippen molar-refractivity contribution in [2.45, 2.75) is 18.9 Å². The lowest BCUT2D eigenvalue weighted by Crippen LogP contribution is -2.43. The van der Waals surface area contributed by atoms with Gasteiger partial charge in [-0.1, -0.05) is 0 Å². The fraction of sp³-hybridized carbons (Fsp3) is 1.00. The maximum absolute atomic E-state index is 2.50. The van der Waals surface area contributed by atoms with Gasteiger partial charge in [-0.2, -0.15) is 0 Å². The first-order valence-electron chi connectivity index (χ1n) is 4.38. The van der Waals surface area contributed by atoms with Crippen molar-refractivity contribution in [3.05, 3.63) is 0 Å². The summed E-state index contributed by atoms with van der Waals surface area (Å²) in [6.45, 7) is 3.91. The summed E-state index contributed by atoms with van der Waals surface area (Å²) >= 11 is 2.48. The summed E-state index contributed by atoms with van der Waals surface area (Å²) in [5, 5.41) is 0. The van der Waals surface area contributed by atoms with E-state index in [1.54, 1.807) is 0 Å². The Labute approximate surface area is 82.4 Å². The van der Waals surface area contributed by atoms with E-state index in [1.807, 2.05) is 0 Å². The number of likely N-dealkylation sites (tertiary alicyclic amines) is 1. The lowest BCUT2D eigenvalue weighted by atomic mass is 9.93. The van der Waals surface area contributed by atoms with Gasteiger partial charge < -0.3 is 4.90 Å². The van der Waals surface area contributed by atoms with E-state index >= 15 is 0 Å². The average molecular weight is 266 g/mol. The van der Waals surface area contributed by atoms with Crippen LogP contribution < -0.4 is 0 Å². The van der Waals surface area contributed by atoms with Gasteiger partial charge in [-0.3, -0.25) is 0 Å². The molecule has 64 valence electrons. The van der Waals surface area contributed by atoms with Crippen molar-refractivity contribution >= 4 is 22.9 Å². The van der Waals surface area contributed by atoms with Gasteiger partial charge in [0.05, 0.1) is 0 Å². The van der Waals surface area contributed by atoms with Crippen LogP contribution in [0, 0.1) is 5.92 Å². The van der Waals surface area contributed by atoms with Crippen LogP contribution in [0.25, 0.3) is 0 Å². The van der Waals surface area contributed by atoms with Crippen LogP contribution in [0.5, 0.6) is 0 Å². The van der Waals surface area contributed by atoms with Crippen molar-refractivity contribution in [1.82, 2.24) is 8.01 Å². The first kappa shape index (κ1) is 8.26. The zero-order valence-electron chi connectivity index (χ0n) is 6.96. The quantitative estimate of drug-likeness (QED) is 0.482. The molecule has 2 aliphatic rings. The molecule has 0 spiro atoms. The second kappa shape index (κ2) is 3.18. The molecule has 0 radical (unpaired) electrons. The minimum atomic E-state index is 0.856. The highest BCUT2D eigenvalue weighted by Crippen LogP contribution is 2.32. The Morgan fingerprint density at radius 3 is 2.82 bits per heavy atom. The summed E-state index contributed by atoms with van der Waals surface area (Å²) < 4.78 is 2.50. The normalized spacial score (nSPS) is 40.9. The summed E-state index contributed by atoms with van der Waals surface area (Å²) in [5.41, 5.74) is 0. The maximum atomic E-state index is 2.50. The molecule has 0 saturated carbocycles. The van der Waals surface area contributed by atoms with Gasteiger partial charge in [-0.15, -0.1) is 0 Å². The Balaban J connectivity index is 2.01. The third kappa shape index (κ3) is 1.55. The Bertz CT molecular complexity index is 151. The zero-order valence-corrected chi connectivity index (χ0v) is 9.12. The standard InChI is InChI=1S/C8H15IN2/c1-10-4-2-7-3-5-11(9)8(7)6-10/h7-8H,2-6H2,1H3. The highest BCUT2D eigenvalue weighted by Gasteiger charge is 2.35. The van der Waals surface area contributed by atoms with Crippen LogP contribution in [-0.4, -0.2) is 40.7 Å². The molecule has 0 aromatic rings. The van der Waals surface area contributed by atoms with Crippen LogP contribution in [0.15, 0.2) is 0 Å². The molecular formula is C8H15IN2. The highest BCUT2D eigenvalue weighted by atomic mass is 127. The first-order chi connectivity index (χ1) is 5.27. The van der Waals surface area contributed by atoms with Crippen molar-refractivity contribution < 1.29 is 0 Å². The van der Waals surface area contributed by atoms with E-state index in [0.717, 1.165) is 12.0 Å². The lowest BCUT2D eigenvalue weighted by molar-refractivity contribution is 0.176. The van der Waals surface area contributed by atoms with Crippen LogP contribution in [0.1, 0.15) is 12.8 Å². The second-order valence-electron chi connectivity index (χ2n) is 3.79.